The molecule has 2 aliphatic rings. The number of aromatic nitrogens is 4. The molecule has 0 amide bonds. The molecular formula is C27H34FN9. The lowest BCUT2D eigenvalue weighted by molar-refractivity contribution is 0.173. The fourth-order valence-electron chi connectivity index (χ4n) is 5.19. The second-order valence-corrected chi connectivity index (χ2v) is 9.82. The van der Waals surface area contributed by atoms with Gasteiger partial charge in [-0.15, -0.1) is 0 Å². The van der Waals surface area contributed by atoms with Crippen molar-refractivity contribution in [1.82, 2.24) is 24.4 Å². The second kappa shape index (κ2) is 10.7. The topological polar surface area (TPSA) is 126 Å². The molecule has 0 unspecified atom stereocenters. The summed E-state index contributed by atoms with van der Waals surface area (Å²) < 4.78 is 16.2. The number of piperidine rings is 1. The number of anilines is 2. The summed E-state index contributed by atoms with van der Waals surface area (Å²) in [6.45, 7) is 7.54. The van der Waals surface area contributed by atoms with Crippen molar-refractivity contribution in [2.24, 2.45) is 5.73 Å². The standard InChI is InChI=1S/C27H34FN9/c1-18-13-20(3-4-22(18)28)23-16-37(12-11-35-7-2-8-35)26(34-23)19-5-9-36(10-6-19)27-24(21(14-29)15-30)25(31)32-17-33-27/h3-4,13-17,19,29H,2,5-12,30H2,1H3,(H2,31,32,33)/b21-15+,29-14?. The van der Waals surface area contributed by atoms with E-state index in [4.69, 9.17) is 21.9 Å². The number of likely N-dealkylation sites (tertiary alicyclic amines) is 1. The number of rotatable bonds is 8. The van der Waals surface area contributed by atoms with E-state index in [0.29, 0.717) is 28.3 Å². The minimum Gasteiger partial charge on any atom is -0.404 e. The summed E-state index contributed by atoms with van der Waals surface area (Å²) in [6.07, 6.45) is 9.20. The van der Waals surface area contributed by atoms with Gasteiger partial charge in [-0.1, -0.05) is 0 Å². The Bertz CT molecular complexity index is 1300. The van der Waals surface area contributed by atoms with Crippen LogP contribution in [0.1, 0.15) is 42.1 Å². The number of allylic oxidation sites excluding steroid dienone is 1. The molecule has 0 saturated carbocycles. The molecule has 2 saturated heterocycles. The molecule has 37 heavy (non-hydrogen) atoms. The van der Waals surface area contributed by atoms with Crippen LogP contribution >= 0.6 is 0 Å². The highest BCUT2D eigenvalue weighted by molar-refractivity contribution is 6.12. The molecule has 9 nitrogen and oxygen atoms in total. The Labute approximate surface area is 216 Å². The number of imidazole rings is 1. The van der Waals surface area contributed by atoms with Gasteiger partial charge in [0.1, 0.15) is 29.6 Å². The molecule has 0 spiro atoms. The van der Waals surface area contributed by atoms with E-state index in [2.05, 4.69) is 30.5 Å². The normalized spacial score (nSPS) is 17.1. The van der Waals surface area contributed by atoms with Gasteiger partial charge in [0.15, 0.2) is 0 Å². The van der Waals surface area contributed by atoms with Crippen LogP contribution in [-0.2, 0) is 6.54 Å². The minimum absolute atomic E-state index is 0.200. The van der Waals surface area contributed by atoms with Crippen LogP contribution in [0, 0.1) is 18.2 Å². The summed E-state index contributed by atoms with van der Waals surface area (Å²) in [5.41, 5.74) is 15.4. The minimum atomic E-state index is -0.200. The number of nitrogens with two attached hydrogens (primary N) is 2. The van der Waals surface area contributed by atoms with E-state index in [1.165, 1.54) is 31.2 Å². The summed E-state index contributed by atoms with van der Waals surface area (Å²) in [6, 6.07) is 5.20. The van der Waals surface area contributed by atoms with Crippen molar-refractivity contribution in [3.8, 4) is 11.3 Å². The SMILES string of the molecule is Cc1cc(-c2cn(CCN3CCC3)c(C3CCN(c4ncnc(N)c4/C(C=N)=C/N)CC3)n2)ccc1F. The van der Waals surface area contributed by atoms with Crippen LogP contribution < -0.4 is 16.4 Å². The van der Waals surface area contributed by atoms with E-state index in [1.54, 1.807) is 6.92 Å². The summed E-state index contributed by atoms with van der Waals surface area (Å²) in [5.74, 6) is 2.19. The molecule has 0 radical (unpaired) electrons. The largest absolute Gasteiger partial charge is 0.404 e. The Morgan fingerprint density at radius 2 is 1.95 bits per heavy atom. The van der Waals surface area contributed by atoms with Gasteiger partial charge in [-0.05, 0) is 63.0 Å². The highest BCUT2D eigenvalue weighted by atomic mass is 19.1. The molecule has 5 rings (SSSR count). The highest BCUT2D eigenvalue weighted by Crippen LogP contribution is 2.35. The van der Waals surface area contributed by atoms with E-state index in [0.717, 1.165) is 69.2 Å². The number of halogens is 1. The van der Waals surface area contributed by atoms with Crippen molar-refractivity contribution in [1.29, 1.82) is 5.41 Å². The van der Waals surface area contributed by atoms with Crippen molar-refractivity contribution in [2.75, 3.05) is 43.4 Å². The van der Waals surface area contributed by atoms with Crippen molar-refractivity contribution in [3.05, 3.63) is 59.7 Å². The number of nitrogens with one attached hydrogen (secondary N) is 1. The fraction of sp³-hybridized carbons (Fsp3) is 0.407. The third kappa shape index (κ3) is 5.06. The maximum Gasteiger partial charge on any atom is 0.142 e. The van der Waals surface area contributed by atoms with E-state index in [-0.39, 0.29) is 11.7 Å². The predicted molar refractivity (Wildman–Crippen MR) is 145 cm³/mol. The molecule has 3 aromatic rings. The zero-order valence-electron chi connectivity index (χ0n) is 21.2. The monoisotopic (exact) mass is 503 g/mol. The molecule has 5 N–H and O–H groups in total. The Kier molecular flexibility index (Phi) is 7.18. The molecule has 0 atom stereocenters. The third-order valence-corrected chi connectivity index (χ3v) is 7.51. The zero-order valence-corrected chi connectivity index (χ0v) is 21.2. The molecule has 1 aromatic carbocycles. The van der Waals surface area contributed by atoms with E-state index in [1.807, 2.05) is 12.1 Å². The number of nitrogens with zero attached hydrogens (tertiary/aromatic N) is 6. The van der Waals surface area contributed by atoms with Crippen molar-refractivity contribution < 1.29 is 4.39 Å². The molecule has 4 heterocycles. The van der Waals surface area contributed by atoms with Crippen molar-refractivity contribution in [3.63, 3.8) is 0 Å². The highest BCUT2D eigenvalue weighted by Gasteiger charge is 2.28. The Morgan fingerprint density at radius 1 is 1.16 bits per heavy atom. The number of hydrogen-bond donors (Lipinski definition) is 3. The fourth-order valence-corrected chi connectivity index (χ4v) is 5.19. The van der Waals surface area contributed by atoms with Gasteiger partial charge < -0.3 is 31.2 Å². The number of benzene rings is 1. The predicted octanol–water partition coefficient (Wildman–Crippen LogP) is 3.41. The first-order valence-electron chi connectivity index (χ1n) is 12.8. The average molecular weight is 504 g/mol. The van der Waals surface area contributed by atoms with Crippen LogP contribution in [0.25, 0.3) is 16.8 Å². The van der Waals surface area contributed by atoms with E-state index >= 15 is 0 Å². The van der Waals surface area contributed by atoms with Gasteiger partial charge in [-0.3, -0.25) is 0 Å². The Balaban J connectivity index is 1.39. The lowest BCUT2D eigenvalue weighted by atomic mass is 9.95. The van der Waals surface area contributed by atoms with Gasteiger partial charge in [0.25, 0.3) is 0 Å². The summed E-state index contributed by atoms with van der Waals surface area (Å²) in [5, 5.41) is 7.72. The van der Waals surface area contributed by atoms with Gasteiger partial charge in [0, 0.05) is 61.8 Å². The smallest absolute Gasteiger partial charge is 0.142 e. The summed E-state index contributed by atoms with van der Waals surface area (Å²) in [4.78, 5) is 18.3. The number of nitrogen functional groups attached to an aromatic ring is 1. The lowest BCUT2D eigenvalue weighted by Gasteiger charge is -2.34. The lowest BCUT2D eigenvalue weighted by Crippen LogP contribution is -2.39. The zero-order chi connectivity index (χ0) is 25.9. The molecule has 0 aliphatic carbocycles. The van der Waals surface area contributed by atoms with Gasteiger partial charge >= 0.3 is 0 Å². The van der Waals surface area contributed by atoms with Crippen LogP contribution in [0.3, 0.4) is 0 Å². The quantitative estimate of drug-likeness (QED) is 0.402. The first kappa shape index (κ1) is 24.9. The number of aryl methyl sites for hydroxylation is 1. The van der Waals surface area contributed by atoms with Crippen molar-refractivity contribution in [2.45, 2.75) is 38.6 Å². The third-order valence-electron chi connectivity index (χ3n) is 7.51. The molecular weight excluding hydrogens is 469 g/mol. The molecule has 10 heteroatoms. The van der Waals surface area contributed by atoms with Crippen LogP contribution in [0.4, 0.5) is 16.0 Å². The maximum atomic E-state index is 13.9. The van der Waals surface area contributed by atoms with Gasteiger partial charge in [-0.2, -0.15) is 0 Å². The molecule has 2 aromatic heterocycles. The van der Waals surface area contributed by atoms with E-state index < -0.39 is 0 Å². The Hall–Kier alpha value is -3.79. The van der Waals surface area contributed by atoms with E-state index in [9.17, 15) is 4.39 Å². The van der Waals surface area contributed by atoms with Crippen LogP contribution in [0.5, 0.6) is 0 Å². The first-order valence-corrected chi connectivity index (χ1v) is 12.8. The van der Waals surface area contributed by atoms with Gasteiger partial charge in [0.05, 0.1) is 11.3 Å². The van der Waals surface area contributed by atoms with Crippen molar-refractivity contribution >= 4 is 23.4 Å². The van der Waals surface area contributed by atoms with Crippen LogP contribution in [-0.4, -0.2) is 63.4 Å². The molecule has 0 bridgehead atoms. The molecule has 2 aliphatic heterocycles. The molecule has 194 valence electrons. The second-order valence-electron chi connectivity index (χ2n) is 9.82. The van der Waals surface area contributed by atoms with Crippen LogP contribution in [0.15, 0.2) is 36.9 Å². The summed E-state index contributed by atoms with van der Waals surface area (Å²) >= 11 is 0. The van der Waals surface area contributed by atoms with Gasteiger partial charge in [-0.25, -0.2) is 19.3 Å². The van der Waals surface area contributed by atoms with Crippen LogP contribution in [0.2, 0.25) is 0 Å². The number of hydrogen-bond acceptors (Lipinski definition) is 8. The summed E-state index contributed by atoms with van der Waals surface area (Å²) in [7, 11) is 0. The maximum absolute atomic E-state index is 13.9. The van der Waals surface area contributed by atoms with Gasteiger partial charge in [0.2, 0.25) is 0 Å². The Morgan fingerprint density at radius 3 is 2.59 bits per heavy atom. The first-order chi connectivity index (χ1) is 18.0. The molecule has 2 fully saturated rings. The average Bonchev–Trinajstić information content (AvgIpc) is 3.30.